The first-order valence-electron chi connectivity index (χ1n) is 10.8. The second-order valence-electron chi connectivity index (χ2n) is 9.55. The summed E-state index contributed by atoms with van der Waals surface area (Å²) in [7, 11) is 0. The molecule has 2 aromatic heterocycles. The Labute approximate surface area is 180 Å². The Hall–Kier alpha value is -2.16. The maximum absolute atomic E-state index is 12.6. The SMILES string of the molecule is Cc1cc(C)n2nc(SC(C)C(=O)NC(=O)NC34CC5CC(CC(C5)C3)C4)nc2n1. The van der Waals surface area contributed by atoms with E-state index in [9.17, 15) is 9.59 Å². The normalized spacial score (nSPS) is 30.4. The fraction of sp³-hybridized carbons (Fsp3) is 0.667. The number of nitrogens with zero attached hydrogens (tertiary/aromatic N) is 4. The predicted octanol–water partition coefficient (Wildman–Crippen LogP) is 3.02. The zero-order valence-corrected chi connectivity index (χ0v) is 18.5. The average molecular weight is 429 g/mol. The molecule has 0 saturated heterocycles. The number of aryl methyl sites for hydroxylation is 2. The lowest BCUT2D eigenvalue weighted by Crippen LogP contribution is -2.62. The van der Waals surface area contributed by atoms with Crippen LogP contribution in [0.2, 0.25) is 0 Å². The number of hydrogen-bond acceptors (Lipinski definition) is 6. The standard InChI is InChI=1S/C21H28N6O2S/c1-11-4-12(2)27-18(22-11)24-20(26-27)30-13(3)17(28)23-19(29)25-21-8-14-5-15(9-21)7-16(6-14)10-21/h4,13-16H,5-10H2,1-3H3,(H2,23,25,28,29). The smallest absolute Gasteiger partial charge is 0.321 e. The van der Waals surface area contributed by atoms with Crippen molar-refractivity contribution in [2.75, 3.05) is 0 Å². The molecule has 4 fully saturated rings. The number of fused-ring (bicyclic) bond motifs is 1. The summed E-state index contributed by atoms with van der Waals surface area (Å²) in [5.74, 6) is 2.40. The van der Waals surface area contributed by atoms with E-state index in [2.05, 4.69) is 25.7 Å². The molecule has 30 heavy (non-hydrogen) atoms. The van der Waals surface area contributed by atoms with Gasteiger partial charge in [0.1, 0.15) is 0 Å². The zero-order valence-electron chi connectivity index (χ0n) is 17.6. The van der Waals surface area contributed by atoms with Crippen molar-refractivity contribution in [2.24, 2.45) is 17.8 Å². The first kappa shape index (κ1) is 19.8. The van der Waals surface area contributed by atoms with Crippen LogP contribution in [0.3, 0.4) is 0 Å². The summed E-state index contributed by atoms with van der Waals surface area (Å²) in [4.78, 5) is 34.0. The van der Waals surface area contributed by atoms with E-state index in [0.29, 0.717) is 10.9 Å². The fourth-order valence-electron chi connectivity index (χ4n) is 6.16. The lowest BCUT2D eigenvalue weighted by molar-refractivity contribution is -0.119. The second-order valence-corrected chi connectivity index (χ2v) is 10.9. The Kier molecular flexibility index (Phi) is 4.76. The topological polar surface area (TPSA) is 101 Å². The Morgan fingerprint density at radius 1 is 1.13 bits per heavy atom. The molecular weight excluding hydrogens is 400 g/mol. The largest absolute Gasteiger partial charge is 0.332 e. The molecule has 0 aromatic carbocycles. The number of carbonyl (C=O) groups excluding carboxylic acids is 2. The van der Waals surface area contributed by atoms with Crippen molar-refractivity contribution in [3.8, 4) is 0 Å². The quantitative estimate of drug-likeness (QED) is 0.726. The predicted molar refractivity (Wildman–Crippen MR) is 113 cm³/mol. The van der Waals surface area contributed by atoms with Crippen LogP contribution in [0.25, 0.3) is 5.78 Å². The Balaban J connectivity index is 1.20. The van der Waals surface area contributed by atoms with Gasteiger partial charge in [0.25, 0.3) is 5.78 Å². The number of imide groups is 1. The lowest BCUT2D eigenvalue weighted by Gasteiger charge is -2.56. The summed E-state index contributed by atoms with van der Waals surface area (Å²) in [6.45, 7) is 5.61. The molecule has 1 atom stereocenters. The average Bonchev–Trinajstić information content (AvgIpc) is 3.02. The molecule has 6 rings (SSSR count). The summed E-state index contributed by atoms with van der Waals surface area (Å²) in [6, 6.07) is 1.56. The van der Waals surface area contributed by atoms with E-state index >= 15 is 0 Å². The van der Waals surface area contributed by atoms with Gasteiger partial charge in [0, 0.05) is 16.9 Å². The van der Waals surface area contributed by atoms with Gasteiger partial charge in [0.15, 0.2) is 0 Å². The van der Waals surface area contributed by atoms with Gasteiger partial charge in [-0.2, -0.15) is 4.98 Å². The third kappa shape index (κ3) is 3.68. The molecule has 9 heteroatoms. The van der Waals surface area contributed by atoms with Gasteiger partial charge in [-0.15, -0.1) is 5.10 Å². The molecule has 0 aliphatic heterocycles. The van der Waals surface area contributed by atoms with E-state index in [4.69, 9.17) is 0 Å². The lowest BCUT2D eigenvalue weighted by atomic mass is 9.53. The van der Waals surface area contributed by atoms with Crippen molar-refractivity contribution in [2.45, 2.75) is 75.2 Å². The molecule has 4 bridgehead atoms. The van der Waals surface area contributed by atoms with Crippen molar-refractivity contribution >= 4 is 29.5 Å². The van der Waals surface area contributed by atoms with Gasteiger partial charge < -0.3 is 5.32 Å². The van der Waals surface area contributed by atoms with E-state index in [1.807, 2.05) is 19.9 Å². The molecule has 0 radical (unpaired) electrons. The maximum atomic E-state index is 12.6. The molecular formula is C21H28N6O2S. The van der Waals surface area contributed by atoms with Crippen molar-refractivity contribution in [1.82, 2.24) is 30.2 Å². The first-order valence-corrected chi connectivity index (χ1v) is 11.7. The molecule has 4 aliphatic rings. The second kappa shape index (κ2) is 7.21. The van der Waals surface area contributed by atoms with Gasteiger partial charge in [-0.1, -0.05) is 11.8 Å². The fourth-order valence-corrected chi connectivity index (χ4v) is 6.90. The van der Waals surface area contributed by atoms with Gasteiger partial charge >= 0.3 is 6.03 Å². The number of carbonyl (C=O) groups is 2. The molecule has 2 aromatic rings. The van der Waals surface area contributed by atoms with E-state index in [0.717, 1.165) is 48.4 Å². The van der Waals surface area contributed by atoms with Gasteiger partial charge in [0.2, 0.25) is 11.1 Å². The highest BCUT2D eigenvalue weighted by Gasteiger charge is 2.51. The number of thioether (sulfide) groups is 1. The molecule has 8 nitrogen and oxygen atoms in total. The summed E-state index contributed by atoms with van der Waals surface area (Å²) < 4.78 is 1.67. The molecule has 2 N–H and O–H groups in total. The van der Waals surface area contributed by atoms with Crippen LogP contribution in [0.5, 0.6) is 0 Å². The molecule has 2 heterocycles. The van der Waals surface area contributed by atoms with Crippen LogP contribution in [0.15, 0.2) is 11.2 Å². The highest BCUT2D eigenvalue weighted by atomic mass is 32.2. The van der Waals surface area contributed by atoms with Crippen LogP contribution in [0.1, 0.15) is 56.8 Å². The van der Waals surface area contributed by atoms with Crippen molar-refractivity contribution in [3.05, 3.63) is 17.5 Å². The number of amides is 3. The minimum atomic E-state index is -0.495. The van der Waals surface area contributed by atoms with Crippen LogP contribution in [0.4, 0.5) is 4.79 Å². The summed E-state index contributed by atoms with van der Waals surface area (Å²) >= 11 is 1.23. The zero-order chi connectivity index (χ0) is 21.0. The van der Waals surface area contributed by atoms with Gasteiger partial charge in [0.05, 0.1) is 5.25 Å². The Morgan fingerprint density at radius 3 is 2.40 bits per heavy atom. The third-order valence-corrected chi connectivity index (χ3v) is 7.86. The van der Waals surface area contributed by atoms with E-state index in [1.54, 1.807) is 11.4 Å². The summed E-state index contributed by atoms with van der Waals surface area (Å²) in [6.07, 6.45) is 7.12. The van der Waals surface area contributed by atoms with E-state index in [-0.39, 0.29) is 17.5 Å². The van der Waals surface area contributed by atoms with Crippen LogP contribution in [-0.2, 0) is 4.79 Å². The number of nitrogens with one attached hydrogen (secondary N) is 2. The molecule has 160 valence electrons. The summed E-state index contributed by atoms with van der Waals surface area (Å²) in [5.41, 5.74) is 1.69. The van der Waals surface area contributed by atoms with Crippen LogP contribution in [0, 0.1) is 31.6 Å². The number of hydrogen-bond donors (Lipinski definition) is 2. The number of aromatic nitrogens is 4. The van der Waals surface area contributed by atoms with Crippen molar-refractivity contribution in [3.63, 3.8) is 0 Å². The maximum Gasteiger partial charge on any atom is 0.321 e. The molecule has 4 aliphatic carbocycles. The Morgan fingerprint density at radius 2 is 1.77 bits per heavy atom. The van der Waals surface area contributed by atoms with E-state index in [1.165, 1.54) is 31.0 Å². The third-order valence-electron chi connectivity index (χ3n) is 6.90. The number of rotatable bonds is 4. The molecule has 3 amide bonds. The van der Waals surface area contributed by atoms with Crippen LogP contribution < -0.4 is 10.6 Å². The first-order chi connectivity index (χ1) is 14.3. The molecule has 0 spiro atoms. The highest BCUT2D eigenvalue weighted by molar-refractivity contribution is 8.00. The monoisotopic (exact) mass is 428 g/mol. The minimum Gasteiger partial charge on any atom is -0.332 e. The molecule has 4 saturated carbocycles. The van der Waals surface area contributed by atoms with Crippen LogP contribution >= 0.6 is 11.8 Å². The van der Waals surface area contributed by atoms with Gasteiger partial charge in [-0.25, -0.2) is 14.3 Å². The van der Waals surface area contributed by atoms with Crippen molar-refractivity contribution < 1.29 is 9.59 Å². The molecule has 1 unspecified atom stereocenters. The number of urea groups is 1. The van der Waals surface area contributed by atoms with Crippen LogP contribution in [-0.4, -0.2) is 42.3 Å². The van der Waals surface area contributed by atoms with Gasteiger partial charge in [-0.05, 0) is 83.1 Å². The minimum absolute atomic E-state index is 0.111. The Bertz CT molecular complexity index is 983. The van der Waals surface area contributed by atoms with Crippen molar-refractivity contribution in [1.29, 1.82) is 0 Å². The van der Waals surface area contributed by atoms with E-state index < -0.39 is 5.25 Å². The highest BCUT2D eigenvalue weighted by Crippen LogP contribution is 2.55. The van der Waals surface area contributed by atoms with Gasteiger partial charge in [-0.3, -0.25) is 10.1 Å². The summed E-state index contributed by atoms with van der Waals surface area (Å²) in [5, 5.41) is 10.1.